The number of amides is 1. The molecule has 1 saturated carbocycles. The summed E-state index contributed by atoms with van der Waals surface area (Å²) >= 11 is 0. The molecular formula is C19H19FN4O. The van der Waals surface area contributed by atoms with Gasteiger partial charge in [-0.2, -0.15) is 5.10 Å². The van der Waals surface area contributed by atoms with Gasteiger partial charge in [0, 0.05) is 36.3 Å². The smallest absolute Gasteiger partial charge is 0.269 e. The lowest BCUT2D eigenvalue weighted by atomic mass is 10.2. The highest BCUT2D eigenvalue weighted by atomic mass is 19.1. The Morgan fingerprint density at radius 2 is 2.12 bits per heavy atom. The molecule has 1 aromatic carbocycles. The Hall–Kier alpha value is -2.76. The van der Waals surface area contributed by atoms with Crippen LogP contribution < -0.4 is 5.32 Å². The molecule has 4 rings (SSSR count). The van der Waals surface area contributed by atoms with Gasteiger partial charge in [0.15, 0.2) is 0 Å². The van der Waals surface area contributed by atoms with E-state index < -0.39 is 5.82 Å². The molecule has 0 aliphatic heterocycles. The molecule has 1 aliphatic rings. The number of fused-ring (bicyclic) bond motifs is 1. The number of carbonyl (C=O) groups is 1. The van der Waals surface area contributed by atoms with Crippen LogP contribution in [-0.4, -0.2) is 27.2 Å². The molecule has 1 amide bonds. The average molecular weight is 338 g/mol. The van der Waals surface area contributed by atoms with Crippen LogP contribution in [0.3, 0.4) is 0 Å². The number of halogens is 1. The number of aryl methyl sites for hydroxylation is 1. The average Bonchev–Trinajstić information content (AvgIpc) is 3.37. The molecule has 0 unspecified atom stereocenters. The van der Waals surface area contributed by atoms with Gasteiger partial charge in [-0.05, 0) is 37.5 Å². The van der Waals surface area contributed by atoms with Crippen molar-refractivity contribution in [2.24, 2.45) is 0 Å². The number of nitrogens with one attached hydrogen (secondary N) is 1. The monoisotopic (exact) mass is 338 g/mol. The Balaban J connectivity index is 1.34. The number of carbonyl (C=O) groups excluding carboxylic acids is 1. The second-order valence-electron chi connectivity index (χ2n) is 6.37. The minimum absolute atomic E-state index is 0.223. The van der Waals surface area contributed by atoms with Gasteiger partial charge in [0.2, 0.25) is 0 Å². The molecular weight excluding hydrogens is 319 g/mol. The largest absolute Gasteiger partial charge is 0.351 e. The zero-order valence-corrected chi connectivity index (χ0v) is 13.8. The quantitative estimate of drug-likeness (QED) is 0.702. The van der Waals surface area contributed by atoms with E-state index in [0.717, 1.165) is 13.0 Å². The van der Waals surface area contributed by atoms with Crippen molar-refractivity contribution in [2.45, 2.75) is 31.7 Å². The van der Waals surface area contributed by atoms with Crippen LogP contribution in [0.15, 0.2) is 42.6 Å². The Morgan fingerprint density at radius 1 is 1.24 bits per heavy atom. The van der Waals surface area contributed by atoms with Crippen LogP contribution >= 0.6 is 0 Å². The van der Waals surface area contributed by atoms with E-state index >= 15 is 0 Å². The Labute approximate surface area is 144 Å². The van der Waals surface area contributed by atoms with E-state index in [4.69, 9.17) is 0 Å². The second-order valence-corrected chi connectivity index (χ2v) is 6.37. The van der Waals surface area contributed by atoms with Crippen molar-refractivity contribution in [1.29, 1.82) is 0 Å². The molecule has 128 valence electrons. The Kier molecular flexibility index (Phi) is 4.17. The van der Waals surface area contributed by atoms with E-state index in [2.05, 4.69) is 21.5 Å². The summed E-state index contributed by atoms with van der Waals surface area (Å²) in [5.41, 5.74) is 1.74. The summed E-state index contributed by atoms with van der Waals surface area (Å²) in [6, 6.07) is 10.2. The zero-order valence-electron chi connectivity index (χ0n) is 13.8. The van der Waals surface area contributed by atoms with Gasteiger partial charge in [-0.1, -0.05) is 18.2 Å². The maximum Gasteiger partial charge on any atom is 0.269 e. The fourth-order valence-corrected chi connectivity index (χ4v) is 3.01. The van der Waals surface area contributed by atoms with E-state index in [0.29, 0.717) is 17.8 Å². The molecule has 0 saturated heterocycles. The first kappa shape index (κ1) is 15.7. The lowest BCUT2D eigenvalue weighted by molar-refractivity contribution is 0.0948. The molecule has 1 N–H and O–H groups in total. The Morgan fingerprint density at radius 3 is 2.96 bits per heavy atom. The number of aromatic nitrogens is 3. The minimum Gasteiger partial charge on any atom is -0.351 e. The molecule has 6 heteroatoms. The van der Waals surface area contributed by atoms with Gasteiger partial charge in [-0.3, -0.25) is 9.48 Å². The first-order valence-corrected chi connectivity index (χ1v) is 8.57. The van der Waals surface area contributed by atoms with Crippen molar-refractivity contribution in [3.05, 3.63) is 59.8 Å². The van der Waals surface area contributed by atoms with E-state index in [-0.39, 0.29) is 17.1 Å². The highest BCUT2D eigenvalue weighted by Gasteiger charge is 2.26. The van der Waals surface area contributed by atoms with E-state index in [1.54, 1.807) is 24.3 Å². The van der Waals surface area contributed by atoms with Gasteiger partial charge in [0.25, 0.3) is 5.91 Å². The third kappa shape index (κ3) is 3.38. The summed E-state index contributed by atoms with van der Waals surface area (Å²) in [7, 11) is 0. The van der Waals surface area contributed by atoms with E-state index in [9.17, 15) is 9.18 Å². The van der Waals surface area contributed by atoms with Gasteiger partial charge >= 0.3 is 0 Å². The van der Waals surface area contributed by atoms with E-state index in [1.165, 1.54) is 24.6 Å². The number of rotatable bonds is 6. The molecule has 0 radical (unpaired) electrons. The van der Waals surface area contributed by atoms with Crippen LogP contribution in [-0.2, 0) is 6.54 Å². The van der Waals surface area contributed by atoms with Crippen LogP contribution in [0.2, 0.25) is 0 Å². The third-order valence-corrected chi connectivity index (χ3v) is 4.48. The van der Waals surface area contributed by atoms with Crippen molar-refractivity contribution in [1.82, 2.24) is 20.1 Å². The highest BCUT2D eigenvalue weighted by Crippen LogP contribution is 2.39. The van der Waals surface area contributed by atoms with Crippen molar-refractivity contribution in [3.8, 4) is 0 Å². The molecule has 0 bridgehead atoms. The third-order valence-electron chi connectivity index (χ3n) is 4.48. The van der Waals surface area contributed by atoms with Gasteiger partial charge in [-0.25, -0.2) is 9.37 Å². The van der Waals surface area contributed by atoms with Gasteiger partial charge in [-0.15, -0.1) is 0 Å². The van der Waals surface area contributed by atoms with Crippen LogP contribution in [0.25, 0.3) is 10.9 Å². The first-order chi connectivity index (χ1) is 12.2. The maximum atomic E-state index is 13.8. The van der Waals surface area contributed by atoms with Crippen molar-refractivity contribution in [3.63, 3.8) is 0 Å². The molecule has 25 heavy (non-hydrogen) atoms. The topological polar surface area (TPSA) is 59.8 Å². The molecule has 0 atom stereocenters. The zero-order chi connectivity index (χ0) is 17.2. The number of nitrogens with zero attached hydrogens (tertiary/aromatic N) is 3. The Bertz CT molecular complexity index is 917. The summed E-state index contributed by atoms with van der Waals surface area (Å²) < 4.78 is 15.8. The van der Waals surface area contributed by atoms with Crippen LogP contribution in [0.5, 0.6) is 0 Å². The lowest BCUT2D eigenvalue weighted by Crippen LogP contribution is -2.26. The summed E-state index contributed by atoms with van der Waals surface area (Å²) in [6.45, 7) is 1.30. The van der Waals surface area contributed by atoms with Crippen LogP contribution in [0, 0.1) is 5.82 Å². The summed E-state index contributed by atoms with van der Waals surface area (Å²) in [5, 5.41) is 7.87. The number of hydrogen-bond donors (Lipinski definition) is 1. The van der Waals surface area contributed by atoms with Crippen LogP contribution in [0.4, 0.5) is 4.39 Å². The second kappa shape index (κ2) is 6.63. The molecule has 1 fully saturated rings. The molecule has 2 heterocycles. The molecule has 1 aliphatic carbocycles. The predicted octanol–water partition coefficient (Wildman–Crippen LogP) is 3.27. The maximum absolute atomic E-state index is 13.8. The lowest BCUT2D eigenvalue weighted by Gasteiger charge is -2.08. The number of benzene rings is 1. The summed E-state index contributed by atoms with van der Waals surface area (Å²) in [5.74, 6) is -0.0414. The standard InChI is InChI=1S/C19H19FN4O/c20-15-4-1-3-14-7-8-16(23-18(14)15)19(25)21-10-2-12-24-17(9-11-22-24)13-5-6-13/h1,3-4,7-9,11,13H,2,5-6,10,12H2,(H,21,25). The highest BCUT2D eigenvalue weighted by molar-refractivity contribution is 5.94. The number of hydrogen-bond acceptors (Lipinski definition) is 3. The van der Waals surface area contributed by atoms with E-state index in [1.807, 2.05) is 10.9 Å². The molecule has 3 aromatic rings. The fourth-order valence-electron chi connectivity index (χ4n) is 3.01. The van der Waals surface area contributed by atoms with Crippen molar-refractivity contribution in [2.75, 3.05) is 6.54 Å². The minimum atomic E-state index is -0.418. The SMILES string of the molecule is O=C(NCCCn1nccc1C1CC1)c1ccc2cccc(F)c2n1. The van der Waals surface area contributed by atoms with Gasteiger partial charge < -0.3 is 5.32 Å². The number of para-hydroxylation sites is 1. The molecule has 0 spiro atoms. The molecule has 5 nitrogen and oxygen atoms in total. The first-order valence-electron chi connectivity index (χ1n) is 8.57. The van der Waals surface area contributed by atoms with Crippen molar-refractivity contribution < 1.29 is 9.18 Å². The number of pyridine rings is 1. The summed E-state index contributed by atoms with van der Waals surface area (Å²) in [4.78, 5) is 16.4. The van der Waals surface area contributed by atoms with Gasteiger partial charge in [0.1, 0.15) is 17.0 Å². The molecule has 2 aromatic heterocycles. The van der Waals surface area contributed by atoms with Crippen LogP contribution in [0.1, 0.15) is 41.4 Å². The van der Waals surface area contributed by atoms with Crippen molar-refractivity contribution >= 4 is 16.8 Å². The fraction of sp³-hybridized carbons (Fsp3) is 0.316. The predicted molar refractivity (Wildman–Crippen MR) is 92.9 cm³/mol. The summed E-state index contributed by atoms with van der Waals surface area (Å²) in [6.07, 6.45) is 5.11. The normalized spacial score (nSPS) is 14.0. The van der Waals surface area contributed by atoms with Gasteiger partial charge in [0.05, 0.1) is 0 Å².